The summed E-state index contributed by atoms with van der Waals surface area (Å²) < 4.78 is 0. The van der Waals surface area contributed by atoms with Gasteiger partial charge in [-0.3, -0.25) is 4.98 Å². The number of rotatable bonds is 2. The van der Waals surface area contributed by atoms with Crippen LogP contribution in [0.5, 0.6) is 0 Å². The molecular formula is C16H19NSi. The standard InChI is InChI=1S/C16H19NSi/c1-13-11-15(14-7-4-3-5-8-14)17-12-16(13)18(2)9-6-10-18/h3-5,7-8,11-12H,6,9-10H2,1-2H3. The smallest absolute Gasteiger partial charge is 0.0860 e. The first-order valence-corrected chi connectivity index (χ1v) is 9.63. The van der Waals surface area contributed by atoms with Gasteiger partial charge >= 0.3 is 0 Å². The van der Waals surface area contributed by atoms with E-state index in [-0.39, 0.29) is 0 Å². The fourth-order valence-corrected chi connectivity index (χ4v) is 6.28. The molecule has 1 nitrogen and oxygen atoms in total. The molecule has 1 aromatic heterocycles. The Bertz CT molecular complexity index is 559. The van der Waals surface area contributed by atoms with E-state index in [1.165, 1.54) is 29.6 Å². The predicted octanol–water partition coefficient (Wildman–Crippen LogP) is 3.75. The van der Waals surface area contributed by atoms with Gasteiger partial charge in [-0.05, 0) is 23.7 Å². The number of benzene rings is 1. The van der Waals surface area contributed by atoms with E-state index >= 15 is 0 Å². The van der Waals surface area contributed by atoms with Gasteiger partial charge in [0, 0.05) is 11.8 Å². The average Bonchev–Trinajstić information content (AvgIpc) is 2.37. The lowest BCUT2D eigenvalue weighted by Crippen LogP contribution is -2.51. The minimum Gasteiger partial charge on any atom is -0.256 e. The van der Waals surface area contributed by atoms with Crippen LogP contribution >= 0.6 is 0 Å². The van der Waals surface area contributed by atoms with Crippen LogP contribution in [0.25, 0.3) is 11.3 Å². The molecule has 18 heavy (non-hydrogen) atoms. The van der Waals surface area contributed by atoms with Gasteiger partial charge in [-0.25, -0.2) is 0 Å². The van der Waals surface area contributed by atoms with Crippen molar-refractivity contribution in [1.82, 2.24) is 4.98 Å². The third-order valence-corrected chi connectivity index (χ3v) is 9.03. The summed E-state index contributed by atoms with van der Waals surface area (Å²) in [6, 6.07) is 15.6. The first-order chi connectivity index (χ1) is 8.69. The number of hydrogen-bond acceptors (Lipinski definition) is 1. The maximum Gasteiger partial charge on any atom is 0.0860 e. The van der Waals surface area contributed by atoms with Crippen molar-refractivity contribution in [3.05, 3.63) is 48.2 Å². The van der Waals surface area contributed by atoms with Gasteiger partial charge in [-0.1, -0.05) is 55.4 Å². The third-order valence-electron chi connectivity index (χ3n) is 4.29. The highest BCUT2D eigenvalue weighted by Gasteiger charge is 2.37. The largest absolute Gasteiger partial charge is 0.256 e. The van der Waals surface area contributed by atoms with Crippen molar-refractivity contribution < 1.29 is 0 Å². The minimum absolute atomic E-state index is 1.10. The number of aryl methyl sites for hydroxylation is 1. The van der Waals surface area contributed by atoms with Crippen LogP contribution in [0.2, 0.25) is 18.6 Å². The zero-order chi connectivity index (χ0) is 12.6. The van der Waals surface area contributed by atoms with Gasteiger partial charge in [0.1, 0.15) is 0 Å². The van der Waals surface area contributed by atoms with E-state index in [0.717, 1.165) is 5.69 Å². The Balaban J connectivity index is 1.99. The van der Waals surface area contributed by atoms with Crippen LogP contribution < -0.4 is 5.19 Å². The number of nitrogens with zero attached hydrogens (tertiary/aromatic N) is 1. The van der Waals surface area contributed by atoms with Crippen LogP contribution in [0.15, 0.2) is 42.6 Å². The predicted molar refractivity (Wildman–Crippen MR) is 79.9 cm³/mol. The highest BCUT2D eigenvalue weighted by Crippen LogP contribution is 2.32. The van der Waals surface area contributed by atoms with Crippen molar-refractivity contribution in [3.8, 4) is 11.3 Å². The lowest BCUT2D eigenvalue weighted by atomic mass is 10.1. The van der Waals surface area contributed by atoms with Crippen molar-refractivity contribution in [3.63, 3.8) is 0 Å². The van der Waals surface area contributed by atoms with E-state index in [1.54, 1.807) is 5.19 Å². The summed E-state index contributed by atoms with van der Waals surface area (Å²) in [7, 11) is -1.10. The molecule has 0 saturated carbocycles. The molecule has 0 aliphatic carbocycles. The van der Waals surface area contributed by atoms with Crippen molar-refractivity contribution in [2.45, 2.75) is 32.0 Å². The van der Waals surface area contributed by atoms with Crippen LogP contribution in [0.3, 0.4) is 0 Å². The van der Waals surface area contributed by atoms with E-state index in [2.05, 4.69) is 50.0 Å². The van der Waals surface area contributed by atoms with E-state index in [1.807, 2.05) is 6.07 Å². The third kappa shape index (κ3) is 1.91. The van der Waals surface area contributed by atoms with E-state index in [4.69, 9.17) is 4.98 Å². The maximum atomic E-state index is 4.69. The van der Waals surface area contributed by atoms with Crippen molar-refractivity contribution >= 4 is 13.3 Å². The molecule has 0 radical (unpaired) electrons. The topological polar surface area (TPSA) is 12.9 Å². The average molecular weight is 253 g/mol. The Morgan fingerprint density at radius 2 is 1.83 bits per heavy atom. The molecule has 0 spiro atoms. The van der Waals surface area contributed by atoms with Crippen molar-refractivity contribution in [2.24, 2.45) is 0 Å². The van der Waals surface area contributed by atoms with Gasteiger partial charge in [-0.2, -0.15) is 0 Å². The van der Waals surface area contributed by atoms with E-state index < -0.39 is 8.07 Å². The van der Waals surface area contributed by atoms with E-state index in [0.29, 0.717) is 0 Å². The summed E-state index contributed by atoms with van der Waals surface area (Å²) in [6.07, 6.45) is 3.58. The van der Waals surface area contributed by atoms with Gasteiger partial charge < -0.3 is 0 Å². The van der Waals surface area contributed by atoms with Crippen molar-refractivity contribution in [1.29, 1.82) is 0 Å². The molecule has 2 aromatic rings. The van der Waals surface area contributed by atoms with Gasteiger partial charge in [0.15, 0.2) is 0 Å². The molecule has 1 aliphatic rings. The molecular weight excluding hydrogens is 234 g/mol. The molecule has 0 N–H and O–H groups in total. The first kappa shape index (κ1) is 11.7. The Labute approximate surface area is 110 Å². The zero-order valence-corrected chi connectivity index (χ0v) is 12.1. The van der Waals surface area contributed by atoms with Gasteiger partial charge in [0.25, 0.3) is 0 Å². The van der Waals surface area contributed by atoms with Crippen LogP contribution in [-0.4, -0.2) is 13.1 Å². The molecule has 0 amide bonds. The molecule has 1 aliphatic heterocycles. The summed E-state index contributed by atoms with van der Waals surface area (Å²) in [5, 5.41) is 1.58. The summed E-state index contributed by atoms with van der Waals surface area (Å²) >= 11 is 0. The molecule has 2 heteroatoms. The first-order valence-electron chi connectivity index (χ1n) is 6.72. The van der Waals surface area contributed by atoms with Gasteiger partial charge in [0.2, 0.25) is 0 Å². The fourth-order valence-electron chi connectivity index (χ4n) is 2.93. The molecule has 0 unspecified atom stereocenters. The fraction of sp³-hybridized carbons (Fsp3) is 0.312. The van der Waals surface area contributed by atoms with Gasteiger partial charge in [-0.15, -0.1) is 0 Å². The lowest BCUT2D eigenvalue weighted by molar-refractivity contribution is 0.915. The minimum atomic E-state index is -1.10. The Kier molecular flexibility index (Phi) is 2.82. The number of pyridine rings is 1. The molecule has 1 saturated heterocycles. The second-order valence-electron chi connectivity index (χ2n) is 5.66. The van der Waals surface area contributed by atoms with Crippen LogP contribution in [0.4, 0.5) is 0 Å². The maximum absolute atomic E-state index is 4.69. The summed E-state index contributed by atoms with van der Waals surface area (Å²) in [6.45, 7) is 4.75. The Morgan fingerprint density at radius 1 is 1.11 bits per heavy atom. The normalized spacial score (nSPS) is 17.2. The summed E-state index contributed by atoms with van der Waals surface area (Å²) in [5.74, 6) is 0. The van der Waals surface area contributed by atoms with Crippen molar-refractivity contribution in [2.75, 3.05) is 0 Å². The number of hydrogen-bond donors (Lipinski definition) is 0. The Morgan fingerprint density at radius 3 is 2.39 bits per heavy atom. The quantitative estimate of drug-likeness (QED) is 0.743. The molecule has 0 bridgehead atoms. The lowest BCUT2D eigenvalue weighted by Gasteiger charge is -2.37. The Hall–Kier alpha value is -1.41. The summed E-state index contributed by atoms with van der Waals surface area (Å²) in [4.78, 5) is 4.69. The highest BCUT2D eigenvalue weighted by molar-refractivity contribution is 6.93. The molecule has 2 heterocycles. The highest BCUT2D eigenvalue weighted by atomic mass is 28.3. The molecule has 1 fully saturated rings. The second kappa shape index (κ2) is 4.36. The molecule has 3 rings (SSSR count). The molecule has 1 aromatic carbocycles. The van der Waals surface area contributed by atoms with Crippen LogP contribution in [-0.2, 0) is 0 Å². The summed E-state index contributed by atoms with van der Waals surface area (Å²) in [5.41, 5.74) is 3.76. The van der Waals surface area contributed by atoms with E-state index in [9.17, 15) is 0 Å². The van der Waals surface area contributed by atoms with Gasteiger partial charge in [0.05, 0.1) is 13.8 Å². The monoisotopic (exact) mass is 253 g/mol. The van der Waals surface area contributed by atoms with Crippen LogP contribution in [0, 0.1) is 6.92 Å². The SMILES string of the molecule is Cc1cc(-c2ccccc2)ncc1[Si]1(C)CCC1. The molecule has 0 atom stereocenters. The molecule has 92 valence electrons. The number of aromatic nitrogens is 1. The van der Waals surface area contributed by atoms with Crippen LogP contribution in [0.1, 0.15) is 12.0 Å². The zero-order valence-electron chi connectivity index (χ0n) is 11.1. The second-order valence-corrected chi connectivity index (χ2v) is 10.3.